The maximum atomic E-state index is 4.40. The van der Waals surface area contributed by atoms with Gasteiger partial charge < -0.3 is 0 Å². The lowest BCUT2D eigenvalue weighted by Crippen LogP contribution is -2.27. The first-order valence-electron chi connectivity index (χ1n) is 7.33. The van der Waals surface area contributed by atoms with Gasteiger partial charge in [-0.3, -0.25) is 9.88 Å². The molecule has 0 radical (unpaired) electrons. The van der Waals surface area contributed by atoms with Gasteiger partial charge in [0.2, 0.25) is 0 Å². The number of nitrogens with zero attached hydrogens (tertiary/aromatic N) is 2. The van der Waals surface area contributed by atoms with E-state index in [9.17, 15) is 0 Å². The number of fused-ring (bicyclic) bond motifs is 1. The summed E-state index contributed by atoms with van der Waals surface area (Å²) in [4.78, 5) is 7.04. The van der Waals surface area contributed by atoms with Crippen molar-refractivity contribution in [1.29, 1.82) is 0 Å². The van der Waals surface area contributed by atoms with E-state index in [1.807, 2.05) is 12.3 Å². The molecule has 100 valence electrons. The second-order valence-electron chi connectivity index (χ2n) is 6.00. The highest BCUT2D eigenvalue weighted by molar-refractivity contribution is 5.79. The first kappa shape index (κ1) is 12.6. The Hall–Kier alpha value is -1.41. The van der Waals surface area contributed by atoms with Crippen molar-refractivity contribution < 1.29 is 0 Å². The van der Waals surface area contributed by atoms with Crippen LogP contribution >= 0.6 is 0 Å². The second-order valence-corrected chi connectivity index (χ2v) is 6.00. The molecule has 2 heterocycles. The predicted molar refractivity (Wildman–Crippen MR) is 80.1 cm³/mol. The van der Waals surface area contributed by atoms with Crippen LogP contribution < -0.4 is 0 Å². The number of benzene rings is 1. The predicted octanol–water partition coefficient (Wildman–Crippen LogP) is 4.03. The lowest BCUT2D eigenvalue weighted by atomic mass is 10.0. The third-order valence-electron chi connectivity index (χ3n) is 3.98. The maximum absolute atomic E-state index is 4.40. The smallest absolute Gasteiger partial charge is 0.0702 e. The Bertz CT molecular complexity index is 562. The summed E-state index contributed by atoms with van der Waals surface area (Å²) in [7, 11) is 0. The lowest BCUT2D eigenvalue weighted by molar-refractivity contribution is 0.229. The third-order valence-corrected chi connectivity index (χ3v) is 3.98. The Balaban J connectivity index is 1.90. The quantitative estimate of drug-likeness (QED) is 0.822. The summed E-state index contributed by atoms with van der Waals surface area (Å²) in [5, 5.41) is 1.26. The number of likely N-dealkylation sites (tertiary alicyclic amines) is 1. The molecule has 1 fully saturated rings. The Kier molecular flexibility index (Phi) is 3.52. The standard InChI is InChI=1S/C17H22N2/c1-13(2)12-19-10-4-6-17(19)15-7-8-16-14(11-15)5-3-9-18-16/h3,5,7-9,11,13,17H,4,6,10,12H2,1-2H3/t17-/m0/s1. The zero-order chi connectivity index (χ0) is 13.2. The van der Waals surface area contributed by atoms with Gasteiger partial charge in [-0.2, -0.15) is 0 Å². The minimum Gasteiger partial charge on any atom is -0.296 e. The molecule has 1 aromatic carbocycles. The monoisotopic (exact) mass is 254 g/mol. The molecule has 2 nitrogen and oxygen atoms in total. The molecule has 2 aromatic rings. The average Bonchev–Trinajstić information content (AvgIpc) is 2.85. The van der Waals surface area contributed by atoms with Crippen LogP contribution in [0, 0.1) is 5.92 Å². The van der Waals surface area contributed by atoms with E-state index in [1.54, 1.807) is 0 Å². The molecular weight excluding hydrogens is 232 g/mol. The van der Waals surface area contributed by atoms with Crippen LogP contribution in [0.15, 0.2) is 36.5 Å². The van der Waals surface area contributed by atoms with Gasteiger partial charge >= 0.3 is 0 Å². The van der Waals surface area contributed by atoms with E-state index in [1.165, 1.54) is 36.9 Å². The number of hydrogen-bond donors (Lipinski definition) is 0. The molecule has 2 heteroatoms. The van der Waals surface area contributed by atoms with E-state index in [0.29, 0.717) is 6.04 Å². The SMILES string of the molecule is CC(C)CN1CCC[C@H]1c1ccc2ncccc2c1. The third kappa shape index (κ3) is 2.64. The molecule has 0 amide bonds. The number of rotatable bonds is 3. The minimum atomic E-state index is 0.604. The summed E-state index contributed by atoms with van der Waals surface area (Å²) >= 11 is 0. The van der Waals surface area contributed by atoms with Crippen LogP contribution in [0.25, 0.3) is 10.9 Å². The molecule has 1 aliphatic heterocycles. The Morgan fingerprint density at radius 1 is 1.32 bits per heavy atom. The van der Waals surface area contributed by atoms with E-state index in [4.69, 9.17) is 0 Å². The highest BCUT2D eigenvalue weighted by Gasteiger charge is 2.26. The van der Waals surface area contributed by atoms with Crippen molar-refractivity contribution in [3.05, 3.63) is 42.1 Å². The lowest BCUT2D eigenvalue weighted by Gasteiger charge is -2.26. The summed E-state index contributed by atoms with van der Waals surface area (Å²) in [6.45, 7) is 7.06. The fourth-order valence-corrected chi connectivity index (χ4v) is 3.19. The molecule has 0 spiro atoms. The van der Waals surface area contributed by atoms with Gasteiger partial charge in [-0.25, -0.2) is 0 Å². The Labute approximate surface area is 115 Å². The molecule has 0 bridgehead atoms. The van der Waals surface area contributed by atoms with Crippen LogP contribution in [0.2, 0.25) is 0 Å². The molecule has 0 unspecified atom stereocenters. The van der Waals surface area contributed by atoms with Crippen molar-refractivity contribution in [2.45, 2.75) is 32.7 Å². The summed E-state index contributed by atoms with van der Waals surface area (Å²) in [5.74, 6) is 0.739. The molecule has 1 atom stereocenters. The van der Waals surface area contributed by atoms with Crippen LogP contribution in [0.1, 0.15) is 38.3 Å². The fraction of sp³-hybridized carbons (Fsp3) is 0.471. The van der Waals surface area contributed by atoms with Gasteiger partial charge in [-0.15, -0.1) is 0 Å². The topological polar surface area (TPSA) is 16.1 Å². The molecule has 1 aromatic heterocycles. The van der Waals surface area contributed by atoms with E-state index >= 15 is 0 Å². The second kappa shape index (κ2) is 5.30. The summed E-state index contributed by atoms with van der Waals surface area (Å²) in [6.07, 6.45) is 4.48. The van der Waals surface area contributed by atoms with E-state index < -0.39 is 0 Å². The fourth-order valence-electron chi connectivity index (χ4n) is 3.19. The van der Waals surface area contributed by atoms with Crippen LogP contribution in [0.4, 0.5) is 0 Å². The molecule has 3 rings (SSSR count). The molecular formula is C17H22N2. The highest BCUT2D eigenvalue weighted by Crippen LogP contribution is 2.33. The number of pyridine rings is 1. The van der Waals surface area contributed by atoms with Crippen molar-refractivity contribution >= 4 is 10.9 Å². The van der Waals surface area contributed by atoms with E-state index in [-0.39, 0.29) is 0 Å². The largest absolute Gasteiger partial charge is 0.296 e. The van der Waals surface area contributed by atoms with Crippen molar-refractivity contribution in [1.82, 2.24) is 9.88 Å². The van der Waals surface area contributed by atoms with Crippen LogP contribution in [-0.4, -0.2) is 23.0 Å². The van der Waals surface area contributed by atoms with Crippen LogP contribution in [-0.2, 0) is 0 Å². The summed E-state index contributed by atoms with van der Waals surface area (Å²) in [5.41, 5.74) is 2.55. The Morgan fingerprint density at radius 2 is 2.21 bits per heavy atom. The van der Waals surface area contributed by atoms with E-state index in [2.05, 4.69) is 48.0 Å². The first-order valence-corrected chi connectivity index (χ1v) is 7.33. The van der Waals surface area contributed by atoms with Gasteiger partial charge in [0.25, 0.3) is 0 Å². The number of hydrogen-bond acceptors (Lipinski definition) is 2. The van der Waals surface area contributed by atoms with Crippen LogP contribution in [0.5, 0.6) is 0 Å². The average molecular weight is 254 g/mol. The van der Waals surface area contributed by atoms with Gasteiger partial charge in [0.15, 0.2) is 0 Å². The summed E-state index contributed by atoms with van der Waals surface area (Å²) < 4.78 is 0. The molecule has 1 saturated heterocycles. The molecule has 0 saturated carbocycles. The zero-order valence-electron chi connectivity index (χ0n) is 11.8. The molecule has 0 aliphatic carbocycles. The van der Waals surface area contributed by atoms with Gasteiger partial charge in [-0.05, 0) is 49.1 Å². The number of aromatic nitrogens is 1. The van der Waals surface area contributed by atoms with Gasteiger partial charge in [-0.1, -0.05) is 26.0 Å². The van der Waals surface area contributed by atoms with Gasteiger partial charge in [0, 0.05) is 24.2 Å². The highest BCUT2D eigenvalue weighted by atomic mass is 15.2. The van der Waals surface area contributed by atoms with Crippen molar-refractivity contribution in [3.8, 4) is 0 Å². The first-order chi connectivity index (χ1) is 9.24. The molecule has 19 heavy (non-hydrogen) atoms. The normalized spacial score (nSPS) is 20.5. The molecule has 0 N–H and O–H groups in total. The van der Waals surface area contributed by atoms with Crippen molar-refractivity contribution in [2.24, 2.45) is 5.92 Å². The maximum Gasteiger partial charge on any atom is 0.0702 e. The van der Waals surface area contributed by atoms with Crippen molar-refractivity contribution in [2.75, 3.05) is 13.1 Å². The van der Waals surface area contributed by atoms with Gasteiger partial charge in [0.1, 0.15) is 0 Å². The van der Waals surface area contributed by atoms with Gasteiger partial charge in [0.05, 0.1) is 5.52 Å². The van der Waals surface area contributed by atoms with Crippen molar-refractivity contribution in [3.63, 3.8) is 0 Å². The zero-order valence-corrected chi connectivity index (χ0v) is 11.8. The van der Waals surface area contributed by atoms with Crippen LogP contribution in [0.3, 0.4) is 0 Å². The summed E-state index contributed by atoms with van der Waals surface area (Å²) in [6, 6.07) is 11.5. The minimum absolute atomic E-state index is 0.604. The Morgan fingerprint density at radius 3 is 3.05 bits per heavy atom. The van der Waals surface area contributed by atoms with E-state index in [0.717, 1.165) is 11.4 Å². The molecule has 1 aliphatic rings.